The first-order chi connectivity index (χ1) is 16.0. The first-order valence-electron chi connectivity index (χ1n) is 11.8. The fourth-order valence-corrected chi connectivity index (χ4v) is 5.88. The Balaban J connectivity index is 1.68. The van der Waals surface area contributed by atoms with Gasteiger partial charge in [-0.1, -0.05) is 39.8 Å². The van der Waals surface area contributed by atoms with Crippen molar-refractivity contribution in [2.75, 3.05) is 29.9 Å². The van der Waals surface area contributed by atoms with Crippen molar-refractivity contribution < 1.29 is 18.0 Å². The van der Waals surface area contributed by atoms with Crippen LogP contribution in [0.5, 0.6) is 0 Å². The molecule has 1 saturated heterocycles. The van der Waals surface area contributed by atoms with Crippen LogP contribution in [0.3, 0.4) is 0 Å². The van der Waals surface area contributed by atoms with Crippen LogP contribution in [0.4, 0.5) is 11.4 Å². The lowest BCUT2D eigenvalue weighted by Crippen LogP contribution is -2.37. The van der Waals surface area contributed by atoms with Gasteiger partial charge in [0.25, 0.3) is 0 Å². The summed E-state index contributed by atoms with van der Waals surface area (Å²) in [5, 5.41) is 2.83. The summed E-state index contributed by atoms with van der Waals surface area (Å²) in [6, 6.07) is 13.9. The maximum absolute atomic E-state index is 13.2. The number of sulfonamides is 1. The van der Waals surface area contributed by atoms with E-state index in [0.29, 0.717) is 25.3 Å². The van der Waals surface area contributed by atoms with Crippen molar-refractivity contribution in [2.45, 2.75) is 45.9 Å². The van der Waals surface area contributed by atoms with Gasteiger partial charge in [0.15, 0.2) is 0 Å². The normalized spacial score (nSPS) is 16.6. The number of benzene rings is 2. The predicted octanol–water partition coefficient (Wildman–Crippen LogP) is 4.29. The Morgan fingerprint density at radius 1 is 1.06 bits per heavy atom. The highest BCUT2D eigenvalue weighted by atomic mass is 32.2. The number of nitrogens with zero attached hydrogens (tertiary/aromatic N) is 2. The van der Waals surface area contributed by atoms with E-state index in [1.165, 1.54) is 16.4 Å². The molecular weight excluding hydrogens is 450 g/mol. The van der Waals surface area contributed by atoms with E-state index in [0.717, 1.165) is 11.3 Å². The van der Waals surface area contributed by atoms with Crippen molar-refractivity contribution in [2.24, 2.45) is 17.8 Å². The number of rotatable bonds is 9. The standard InChI is InChI=1S/C26H35N3O4S/c1-18(2)15-28(16-19(3)4)34(32,33)24-11-9-22(10-12-24)27-26(31)21-14-25(30)29(17-21)23-8-6-7-20(5)13-23/h6-13,18-19,21H,14-17H2,1-5H3,(H,27,31). The molecule has 2 amide bonds. The Morgan fingerprint density at radius 2 is 1.68 bits per heavy atom. The summed E-state index contributed by atoms with van der Waals surface area (Å²) in [6.07, 6.45) is 0.144. The van der Waals surface area contributed by atoms with Crippen molar-refractivity contribution in [3.8, 4) is 0 Å². The van der Waals surface area contributed by atoms with Crippen LogP contribution in [0.25, 0.3) is 0 Å². The largest absolute Gasteiger partial charge is 0.326 e. The van der Waals surface area contributed by atoms with Crippen LogP contribution >= 0.6 is 0 Å². The molecule has 34 heavy (non-hydrogen) atoms. The Hall–Kier alpha value is -2.71. The van der Waals surface area contributed by atoms with Crippen LogP contribution in [0.1, 0.15) is 39.7 Å². The van der Waals surface area contributed by atoms with Gasteiger partial charge >= 0.3 is 0 Å². The fraction of sp³-hybridized carbons (Fsp3) is 0.462. The second-order valence-corrected chi connectivity index (χ2v) is 11.8. The molecule has 7 nitrogen and oxygen atoms in total. The van der Waals surface area contributed by atoms with Gasteiger partial charge in [-0.05, 0) is 60.7 Å². The van der Waals surface area contributed by atoms with Gasteiger partial charge in [0.2, 0.25) is 21.8 Å². The minimum Gasteiger partial charge on any atom is -0.326 e. The van der Waals surface area contributed by atoms with Gasteiger partial charge in [0.1, 0.15) is 0 Å². The van der Waals surface area contributed by atoms with E-state index in [4.69, 9.17) is 0 Å². The molecule has 1 aliphatic heterocycles. The first kappa shape index (κ1) is 25.9. The quantitative estimate of drug-likeness (QED) is 0.574. The summed E-state index contributed by atoms with van der Waals surface area (Å²) >= 11 is 0. The van der Waals surface area contributed by atoms with Gasteiger partial charge in [0, 0.05) is 37.4 Å². The smallest absolute Gasteiger partial charge is 0.243 e. The van der Waals surface area contributed by atoms with Crippen molar-refractivity contribution in [3.05, 3.63) is 54.1 Å². The molecule has 2 aromatic rings. The molecule has 1 fully saturated rings. The van der Waals surface area contributed by atoms with Crippen LogP contribution in [0.2, 0.25) is 0 Å². The Bertz CT molecular complexity index is 1120. The molecular formula is C26H35N3O4S. The lowest BCUT2D eigenvalue weighted by Gasteiger charge is -2.25. The number of carbonyl (C=O) groups excluding carboxylic acids is 2. The molecule has 1 unspecified atom stereocenters. The molecule has 0 aliphatic carbocycles. The lowest BCUT2D eigenvalue weighted by atomic mass is 10.1. The van der Waals surface area contributed by atoms with E-state index in [1.807, 2.05) is 58.9 Å². The van der Waals surface area contributed by atoms with Crippen molar-refractivity contribution >= 4 is 33.2 Å². The fourth-order valence-electron chi connectivity index (χ4n) is 4.12. The molecule has 0 spiro atoms. The molecule has 3 rings (SSSR count). The van der Waals surface area contributed by atoms with E-state index < -0.39 is 15.9 Å². The molecule has 0 bridgehead atoms. The van der Waals surface area contributed by atoms with Gasteiger partial charge in [0.05, 0.1) is 10.8 Å². The average molecular weight is 486 g/mol. The molecule has 184 valence electrons. The van der Waals surface area contributed by atoms with E-state index in [9.17, 15) is 18.0 Å². The van der Waals surface area contributed by atoms with Gasteiger partial charge in [-0.25, -0.2) is 8.42 Å². The number of amides is 2. The Morgan fingerprint density at radius 3 is 2.24 bits per heavy atom. The molecule has 0 aromatic heterocycles. The molecule has 2 aromatic carbocycles. The summed E-state index contributed by atoms with van der Waals surface area (Å²) in [5.41, 5.74) is 2.35. The van der Waals surface area contributed by atoms with Gasteiger partial charge < -0.3 is 10.2 Å². The van der Waals surface area contributed by atoms with Crippen LogP contribution in [-0.2, 0) is 19.6 Å². The average Bonchev–Trinajstić information content (AvgIpc) is 3.15. The van der Waals surface area contributed by atoms with Crippen molar-refractivity contribution in [3.63, 3.8) is 0 Å². The topological polar surface area (TPSA) is 86.8 Å². The molecule has 1 N–H and O–H groups in total. The van der Waals surface area contributed by atoms with Crippen molar-refractivity contribution in [1.29, 1.82) is 0 Å². The lowest BCUT2D eigenvalue weighted by molar-refractivity contribution is -0.122. The number of aryl methyl sites for hydroxylation is 1. The summed E-state index contributed by atoms with van der Waals surface area (Å²) in [4.78, 5) is 27.2. The highest BCUT2D eigenvalue weighted by molar-refractivity contribution is 7.89. The monoisotopic (exact) mass is 485 g/mol. The van der Waals surface area contributed by atoms with Crippen LogP contribution in [0.15, 0.2) is 53.4 Å². The van der Waals surface area contributed by atoms with Crippen LogP contribution in [0, 0.1) is 24.7 Å². The Kier molecular flexibility index (Phi) is 8.15. The number of anilines is 2. The number of hydrogen-bond acceptors (Lipinski definition) is 4. The minimum absolute atomic E-state index is 0.0809. The zero-order valence-electron chi connectivity index (χ0n) is 20.6. The molecule has 8 heteroatoms. The third kappa shape index (κ3) is 6.24. The van der Waals surface area contributed by atoms with E-state index in [1.54, 1.807) is 17.0 Å². The van der Waals surface area contributed by atoms with Crippen LogP contribution in [-0.4, -0.2) is 44.2 Å². The third-order valence-corrected chi connectivity index (χ3v) is 7.55. The highest BCUT2D eigenvalue weighted by Crippen LogP contribution is 2.27. The highest BCUT2D eigenvalue weighted by Gasteiger charge is 2.35. The summed E-state index contributed by atoms with van der Waals surface area (Å²) < 4.78 is 27.9. The van der Waals surface area contributed by atoms with Crippen LogP contribution < -0.4 is 10.2 Å². The maximum Gasteiger partial charge on any atom is 0.243 e. The number of hydrogen-bond donors (Lipinski definition) is 1. The summed E-state index contributed by atoms with van der Waals surface area (Å²) in [7, 11) is -3.63. The number of nitrogens with one attached hydrogen (secondary N) is 1. The Labute approximate surface area is 203 Å². The predicted molar refractivity (Wildman–Crippen MR) is 135 cm³/mol. The second-order valence-electron chi connectivity index (χ2n) is 9.87. The maximum atomic E-state index is 13.2. The van der Waals surface area contributed by atoms with E-state index in [-0.39, 0.29) is 35.0 Å². The molecule has 0 radical (unpaired) electrons. The summed E-state index contributed by atoms with van der Waals surface area (Å²) in [6.45, 7) is 11.2. The molecule has 1 heterocycles. The van der Waals surface area contributed by atoms with E-state index >= 15 is 0 Å². The molecule has 1 atom stereocenters. The van der Waals surface area contributed by atoms with E-state index in [2.05, 4.69) is 5.32 Å². The minimum atomic E-state index is -3.63. The zero-order valence-corrected chi connectivity index (χ0v) is 21.4. The SMILES string of the molecule is Cc1cccc(N2CC(C(=O)Nc3ccc(S(=O)(=O)N(CC(C)C)CC(C)C)cc3)CC2=O)c1. The first-order valence-corrected chi connectivity index (χ1v) is 13.2. The van der Waals surface area contributed by atoms with Gasteiger partial charge in [-0.15, -0.1) is 0 Å². The summed E-state index contributed by atoms with van der Waals surface area (Å²) in [5.74, 6) is -0.381. The molecule has 0 saturated carbocycles. The van der Waals surface area contributed by atoms with Gasteiger partial charge in [-0.2, -0.15) is 4.31 Å². The number of carbonyl (C=O) groups is 2. The van der Waals surface area contributed by atoms with Crippen molar-refractivity contribution in [1.82, 2.24) is 4.31 Å². The second kappa shape index (κ2) is 10.7. The molecule has 1 aliphatic rings. The zero-order chi connectivity index (χ0) is 25.0. The van der Waals surface area contributed by atoms with Gasteiger partial charge in [-0.3, -0.25) is 9.59 Å². The third-order valence-electron chi connectivity index (χ3n) is 5.71.